The summed E-state index contributed by atoms with van der Waals surface area (Å²) in [6, 6.07) is 11.9. The number of hydrogen-bond donors (Lipinski definition) is 8. The molecule has 5 heterocycles. The summed E-state index contributed by atoms with van der Waals surface area (Å²) < 4.78 is 10.4. The second-order valence-corrected chi connectivity index (χ2v) is 13.9. The average molecular weight is 882 g/mol. The molecule has 0 aromatic carbocycles. The lowest BCUT2D eigenvalue weighted by atomic mass is 10.2. The maximum absolute atomic E-state index is 13.0. The third-order valence-electron chi connectivity index (χ3n) is 9.09. The van der Waals surface area contributed by atoms with Crippen molar-refractivity contribution in [2.75, 3.05) is 76.3 Å². The number of nitrogens with zero attached hydrogens (tertiary/aromatic N) is 5. The maximum atomic E-state index is 13.0. The quantitative estimate of drug-likeness (QED) is 0.0410. The van der Waals surface area contributed by atoms with Gasteiger partial charge in [0.2, 0.25) is 35.4 Å². The molecule has 336 valence electrons. The van der Waals surface area contributed by atoms with Gasteiger partial charge in [0.25, 0.3) is 11.8 Å². The van der Waals surface area contributed by atoms with Gasteiger partial charge in [-0.25, -0.2) is 0 Å². The number of carbonyl (C=O) groups is 8. The van der Waals surface area contributed by atoms with Gasteiger partial charge in [-0.15, -0.1) is 0 Å². The van der Waals surface area contributed by atoms with E-state index < -0.39 is 47.4 Å². The van der Waals surface area contributed by atoms with Gasteiger partial charge in [0, 0.05) is 32.0 Å². The summed E-state index contributed by atoms with van der Waals surface area (Å²) in [6.45, 7) is -0.521. The molecule has 4 aromatic rings. The highest BCUT2D eigenvalue weighted by molar-refractivity contribution is 5.98. The van der Waals surface area contributed by atoms with Crippen LogP contribution in [0.25, 0.3) is 22.8 Å². The number of nitrogens with two attached hydrogens (primary N) is 2. The predicted molar refractivity (Wildman–Crippen MR) is 228 cm³/mol. The van der Waals surface area contributed by atoms with Crippen molar-refractivity contribution >= 4 is 58.6 Å². The lowest BCUT2D eigenvalue weighted by Crippen LogP contribution is -2.50. The maximum Gasteiger partial charge on any atom is 0.253 e. The van der Waals surface area contributed by atoms with Crippen LogP contribution in [0.2, 0.25) is 0 Å². The zero-order chi connectivity index (χ0) is 45.8. The average Bonchev–Trinajstić information content (AvgIpc) is 3.80. The molecule has 0 saturated carbocycles. The van der Waals surface area contributed by atoms with E-state index in [-0.39, 0.29) is 69.6 Å². The van der Waals surface area contributed by atoms with Crippen LogP contribution >= 0.6 is 0 Å². The number of aromatic nitrogens is 4. The molecule has 0 radical (unpaired) electrons. The summed E-state index contributed by atoms with van der Waals surface area (Å²) in [7, 11) is 0. The fourth-order valence-corrected chi connectivity index (χ4v) is 5.98. The Bertz CT molecular complexity index is 2280. The molecule has 0 unspecified atom stereocenters. The summed E-state index contributed by atoms with van der Waals surface area (Å²) in [4.78, 5) is 117. The first-order chi connectivity index (χ1) is 30.9. The van der Waals surface area contributed by atoms with Crippen molar-refractivity contribution in [2.45, 2.75) is 18.9 Å². The highest BCUT2D eigenvalue weighted by Gasteiger charge is 2.34. The number of rotatable bonds is 22. The molecule has 0 aliphatic carbocycles. The highest BCUT2D eigenvalue weighted by Crippen LogP contribution is 2.20. The zero-order valence-electron chi connectivity index (χ0n) is 34.5. The van der Waals surface area contributed by atoms with Crippen LogP contribution in [0.3, 0.4) is 0 Å². The number of nitrogens with one attached hydrogen (secondary N) is 6. The Morgan fingerprint density at radius 3 is 1.61 bits per heavy atom. The second kappa shape index (κ2) is 24.0. The first-order valence-electron chi connectivity index (χ1n) is 19.9. The molecular weight excluding hydrogens is 835 g/mol. The Kier molecular flexibility index (Phi) is 17.8. The molecule has 0 bridgehead atoms. The number of anilines is 2. The van der Waals surface area contributed by atoms with Crippen LogP contribution in [0.4, 0.5) is 11.4 Å². The molecule has 8 amide bonds. The first kappa shape index (κ1) is 47.3. The van der Waals surface area contributed by atoms with Crippen molar-refractivity contribution in [2.24, 2.45) is 11.5 Å². The van der Waals surface area contributed by atoms with Crippen molar-refractivity contribution < 1.29 is 47.8 Å². The van der Waals surface area contributed by atoms with E-state index in [2.05, 4.69) is 51.8 Å². The van der Waals surface area contributed by atoms with Gasteiger partial charge in [-0.2, -0.15) is 0 Å². The molecule has 1 atom stereocenters. The van der Waals surface area contributed by atoms with Crippen LogP contribution < -0.4 is 43.4 Å². The van der Waals surface area contributed by atoms with Crippen molar-refractivity contribution in [3.8, 4) is 22.8 Å². The van der Waals surface area contributed by atoms with Gasteiger partial charge in [-0.05, 0) is 61.4 Å². The van der Waals surface area contributed by atoms with Gasteiger partial charge < -0.3 is 57.7 Å². The standard InChI is InChI=1S/C41H47N13O10/c42-11-14-63-23-36(57)52-27-5-9-32(47-18-27)30-8-4-26(17-46-30)40(61)51-22-38(59)54-13-1-2-33(54)41(62)50-21-35(56)44-12-15-64-24-37(58)53-28-6-10-31(48-19-28)29-7-3-25(16-45-29)39(60)49-20-34(43)55/h3-10,16-19,33H,1-2,11-15,20-24,42H2,(H2,43,55)(H,44,56)(H,49,60)(H,50,62)(H,51,61)(H,52,57)(H,53,58)/t33-/m0/s1. The Morgan fingerprint density at radius 1 is 0.609 bits per heavy atom. The molecule has 5 rings (SSSR count). The largest absolute Gasteiger partial charge is 0.370 e. The van der Waals surface area contributed by atoms with Crippen LogP contribution in [0.15, 0.2) is 73.3 Å². The van der Waals surface area contributed by atoms with Gasteiger partial charge in [-0.1, -0.05) is 0 Å². The number of amides is 8. The van der Waals surface area contributed by atoms with Crippen LogP contribution in [-0.2, 0) is 38.2 Å². The van der Waals surface area contributed by atoms with Crippen molar-refractivity contribution in [3.63, 3.8) is 0 Å². The van der Waals surface area contributed by atoms with E-state index in [1.54, 1.807) is 36.4 Å². The smallest absolute Gasteiger partial charge is 0.253 e. The monoisotopic (exact) mass is 881 g/mol. The Labute approximate surface area is 365 Å². The van der Waals surface area contributed by atoms with E-state index in [0.29, 0.717) is 60.1 Å². The van der Waals surface area contributed by atoms with E-state index in [0.717, 1.165) is 0 Å². The van der Waals surface area contributed by atoms with E-state index >= 15 is 0 Å². The molecule has 23 heteroatoms. The summed E-state index contributed by atoms with van der Waals surface area (Å²) in [5, 5.41) is 15.3. The van der Waals surface area contributed by atoms with Crippen LogP contribution in [0.5, 0.6) is 0 Å². The number of carbonyl (C=O) groups excluding carboxylic acids is 8. The minimum absolute atomic E-state index is 0.00384. The molecule has 10 N–H and O–H groups in total. The predicted octanol–water partition coefficient (Wildman–Crippen LogP) is -1.66. The van der Waals surface area contributed by atoms with Crippen molar-refractivity contribution in [3.05, 3.63) is 84.4 Å². The third-order valence-corrected chi connectivity index (χ3v) is 9.09. The molecule has 23 nitrogen and oxygen atoms in total. The molecule has 1 aliphatic rings. The Hall–Kier alpha value is -7.76. The number of likely N-dealkylation sites (tertiary alicyclic amines) is 1. The number of primary amides is 1. The van der Waals surface area contributed by atoms with E-state index in [1.807, 2.05) is 0 Å². The lowest BCUT2D eigenvalue weighted by Gasteiger charge is -2.24. The molecule has 0 spiro atoms. The fraction of sp³-hybridized carbons (Fsp3) is 0.317. The number of pyridine rings is 4. The highest BCUT2D eigenvalue weighted by atomic mass is 16.5. The van der Waals surface area contributed by atoms with E-state index in [9.17, 15) is 38.4 Å². The van der Waals surface area contributed by atoms with E-state index in [1.165, 1.54) is 41.8 Å². The Balaban J connectivity index is 0.944. The van der Waals surface area contributed by atoms with Gasteiger partial charge in [0.05, 0.1) is 90.5 Å². The van der Waals surface area contributed by atoms with Crippen molar-refractivity contribution in [1.29, 1.82) is 0 Å². The molecule has 1 fully saturated rings. The lowest BCUT2D eigenvalue weighted by molar-refractivity contribution is -0.138. The molecular formula is C41H47N13O10. The molecule has 64 heavy (non-hydrogen) atoms. The number of hydrogen-bond acceptors (Lipinski definition) is 15. The first-order valence-corrected chi connectivity index (χ1v) is 19.9. The van der Waals surface area contributed by atoms with Gasteiger partial charge >= 0.3 is 0 Å². The van der Waals surface area contributed by atoms with Gasteiger partial charge in [0.1, 0.15) is 19.3 Å². The summed E-state index contributed by atoms with van der Waals surface area (Å²) >= 11 is 0. The van der Waals surface area contributed by atoms with Crippen LogP contribution in [0.1, 0.15) is 33.6 Å². The van der Waals surface area contributed by atoms with Gasteiger partial charge in [-0.3, -0.25) is 58.3 Å². The molecule has 4 aromatic heterocycles. The minimum atomic E-state index is -0.817. The fourth-order valence-electron chi connectivity index (χ4n) is 5.98. The van der Waals surface area contributed by atoms with Crippen LogP contribution in [0, 0.1) is 0 Å². The van der Waals surface area contributed by atoms with E-state index in [4.69, 9.17) is 20.9 Å². The normalized spacial score (nSPS) is 13.0. The molecule has 1 aliphatic heterocycles. The number of ether oxygens (including phenoxy) is 2. The summed E-state index contributed by atoms with van der Waals surface area (Å²) in [5.74, 6) is -4.02. The minimum Gasteiger partial charge on any atom is -0.370 e. The molecule has 1 saturated heterocycles. The Morgan fingerprint density at radius 2 is 1.12 bits per heavy atom. The van der Waals surface area contributed by atoms with Crippen LogP contribution in [-0.4, -0.2) is 144 Å². The van der Waals surface area contributed by atoms with Gasteiger partial charge in [0.15, 0.2) is 0 Å². The third kappa shape index (κ3) is 14.7. The second-order valence-electron chi connectivity index (χ2n) is 13.9. The zero-order valence-corrected chi connectivity index (χ0v) is 34.5. The summed E-state index contributed by atoms with van der Waals surface area (Å²) in [6.07, 6.45) is 6.50. The topological polar surface area (TPSA) is 334 Å². The SMILES string of the molecule is NCCOCC(=O)Nc1ccc(-c2ccc(C(=O)NCC(=O)N3CCC[C@H]3C(=O)NCC(=O)NCCOCC(=O)Nc3ccc(-c4ccc(C(=O)NCC(N)=O)cn4)nc3)cn2)nc1. The van der Waals surface area contributed by atoms with Crippen molar-refractivity contribution in [1.82, 2.24) is 46.1 Å². The summed E-state index contributed by atoms with van der Waals surface area (Å²) in [5.41, 5.74) is 13.6.